The van der Waals surface area contributed by atoms with Crippen molar-refractivity contribution < 1.29 is 0 Å². The normalized spacial score (nSPS) is 19.2. The molecule has 1 fully saturated rings. The number of halogens is 1. The van der Waals surface area contributed by atoms with Gasteiger partial charge in [0.25, 0.3) is 0 Å². The largest absolute Gasteiger partial charge is 0.274 e. The predicted molar refractivity (Wildman–Crippen MR) is 56.7 cm³/mol. The lowest BCUT2D eigenvalue weighted by atomic mass is 9.87. The van der Waals surface area contributed by atoms with Crippen LogP contribution in [0.25, 0.3) is 0 Å². The zero-order chi connectivity index (χ0) is 9.26. The third kappa shape index (κ3) is 1.96. The standard InChI is InChI=1S/C10H15BrN2/c1-13-7-9(11)10(12-13)8-5-3-2-4-6-8/h7-8H,2-6H2,1H3. The van der Waals surface area contributed by atoms with Crippen LogP contribution in [-0.2, 0) is 7.05 Å². The Bertz CT molecular complexity index is 287. The van der Waals surface area contributed by atoms with Gasteiger partial charge in [-0.15, -0.1) is 0 Å². The van der Waals surface area contributed by atoms with Gasteiger partial charge < -0.3 is 0 Å². The van der Waals surface area contributed by atoms with Gasteiger partial charge in [-0.05, 0) is 28.8 Å². The van der Waals surface area contributed by atoms with Crippen molar-refractivity contribution in [3.63, 3.8) is 0 Å². The zero-order valence-corrected chi connectivity index (χ0v) is 9.55. The van der Waals surface area contributed by atoms with Gasteiger partial charge in [0, 0.05) is 19.2 Å². The molecule has 0 bridgehead atoms. The third-order valence-electron chi connectivity index (χ3n) is 2.80. The molecule has 1 heterocycles. The van der Waals surface area contributed by atoms with Crippen LogP contribution < -0.4 is 0 Å². The monoisotopic (exact) mass is 242 g/mol. The summed E-state index contributed by atoms with van der Waals surface area (Å²) in [4.78, 5) is 0. The van der Waals surface area contributed by atoms with Gasteiger partial charge in [-0.1, -0.05) is 19.3 Å². The van der Waals surface area contributed by atoms with Crippen molar-refractivity contribution >= 4 is 15.9 Å². The molecule has 1 saturated carbocycles. The second kappa shape index (κ2) is 3.82. The maximum atomic E-state index is 4.50. The summed E-state index contributed by atoms with van der Waals surface area (Å²) in [7, 11) is 1.98. The summed E-state index contributed by atoms with van der Waals surface area (Å²) in [6, 6.07) is 0. The first-order valence-corrected chi connectivity index (χ1v) is 5.75. The van der Waals surface area contributed by atoms with Crippen molar-refractivity contribution in [2.24, 2.45) is 7.05 Å². The molecule has 0 atom stereocenters. The molecule has 3 heteroatoms. The van der Waals surface area contributed by atoms with Gasteiger partial charge in [0.15, 0.2) is 0 Å². The summed E-state index contributed by atoms with van der Waals surface area (Å²) < 4.78 is 3.08. The molecule has 0 amide bonds. The van der Waals surface area contributed by atoms with E-state index in [1.807, 2.05) is 17.9 Å². The highest BCUT2D eigenvalue weighted by Gasteiger charge is 2.20. The van der Waals surface area contributed by atoms with Crippen LogP contribution in [0.4, 0.5) is 0 Å². The molecule has 1 aromatic heterocycles. The Morgan fingerprint density at radius 1 is 1.38 bits per heavy atom. The first-order valence-electron chi connectivity index (χ1n) is 4.96. The summed E-state index contributed by atoms with van der Waals surface area (Å²) in [6.07, 6.45) is 8.82. The minimum absolute atomic E-state index is 0.698. The summed E-state index contributed by atoms with van der Waals surface area (Å²) >= 11 is 3.57. The number of hydrogen-bond donors (Lipinski definition) is 0. The van der Waals surface area contributed by atoms with E-state index in [2.05, 4.69) is 21.0 Å². The fourth-order valence-electron chi connectivity index (χ4n) is 2.13. The first-order chi connectivity index (χ1) is 6.27. The fraction of sp³-hybridized carbons (Fsp3) is 0.700. The lowest BCUT2D eigenvalue weighted by molar-refractivity contribution is 0.432. The van der Waals surface area contributed by atoms with Crippen LogP contribution in [0.3, 0.4) is 0 Å². The van der Waals surface area contributed by atoms with Crippen LogP contribution in [0.2, 0.25) is 0 Å². The Morgan fingerprint density at radius 3 is 2.62 bits per heavy atom. The molecule has 0 saturated heterocycles. The van der Waals surface area contributed by atoms with E-state index in [9.17, 15) is 0 Å². The highest BCUT2D eigenvalue weighted by Crippen LogP contribution is 2.35. The van der Waals surface area contributed by atoms with Gasteiger partial charge in [0.2, 0.25) is 0 Å². The maximum absolute atomic E-state index is 4.50. The van der Waals surface area contributed by atoms with Crippen molar-refractivity contribution in [1.82, 2.24) is 9.78 Å². The van der Waals surface area contributed by atoms with Crippen LogP contribution in [-0.4, -0.2) is 9.78 Å². The minimum atomic E-state index is 0.698. The average molecular weight is 243 g/mol. The number of nitrogens with zero attached hydrogens (tertiary/aromatic N) is 2. The molecule has 0 spiro atoms. The molecular weight excluding hydrogens is 228 g/mol. The quantitative estimate of drug-likeness (QED) is 0.740. The second-order valence-corrected chi connectivity index (χ2v) is 4.73. The van der Waals surface area contributed by atoms with Crippen LogP contribution >= 0.6 is 15.9 Å². The van der Waals surface area contributed by atoms with Crippen molar-refractivity contribution in [2.45, 2.75) is 38.0 Å². The van der Waals surface area contributed by atoms with E-state index in [0.29, 0.717) is 5.92 Å². The van der Waals surface area contributed by atoms with Gasteiger partial charge in [0.1, 0.15) is 0 Å². The first kappa shape index (κ1) is 9.25. The minimum Gasteiger partial charge on any atom is -0.274 e. The summed E-state index contributed by atoms with van der Waals surface area (Å²) in [5.74, 6) is 0.698. The molecule has 0 unspecified atom stereocenters. The molecular formula is C10H15BrN2. The molecule has 1 aliphatic rings. The molecule has 2 rings (SSSR count). The van der Waals surface area contributed by atoms with Crippen LogP contribution in [0.5, 0.6) is 0 Å². The maximum Gasteiger partial charge on any atom is 0.0797 e. The molecule has 0 N–H and O–H groups in total. The Balaban J connectivity index is 2.18. The van der Waals surface area contributed by atoms with Crippen LogP contribution in [0, 0.1) is 0 Å². The molecule has 1 aromatic rings. The van der Waals surface area contributed by atoms with Gasteiger partial charge in [0.05, 0.1) is 10.2 Å². The van der Waals surface area contributed by atoms with Crippen LogP contribution in [0.15, 0.2) is 10.7 Å². The lowest BCUT2D eigenvalue weighted by Crippen LogP contribution is -2.06. The summed E-state index contributed by atoms with van der Waals surface area (Å²) in [6.45, 7) is 0. The van der Waals surface area contributed by atoms with E-state index < -0.39 is 0 Å². The Morgan fingerprint density at radius 2 is 2.08 bits per heavy atom. The lowest BCUT2D eigenvalue weighted by Gasteiger charge is -2.19. The molecule has 2 nitrogen and oxygen atoms in total. The highest BCUT2D eigenvalue weighted by atomic mass is 79.9. The summed E-state index contributed by atoms with van der Waals surface area (Å²) in [5.41, 5.74) is 1.27. The number of aromatic nitrogens is 2. The van der Waals surface area contributed by atoms with Crippen molar-refractivity contribution in [2.75, 3.05) is 0 Å². The SMILES string of the molecule is Cn1cc(Br)c(C2CCCCC2)n1. The zero-order valence-electron chi connectivity index (χ0n) is 7.96. The van der Waals surface area contributed by atoms with Crippen molar-refractivity contribution in [1.29, 1.82) is 0 Å². The van der Waals surface area contributed by atoms with E-state index in [0.717, 1.165) is 0 Å². The fourth-order valence-corrected chi connectivity index (χ4v) is 2.83. The Labute approximate surface area is 87.5 Å². The van der Waals surface area contributed by atoms with E-state index >= 15 is 0 Å². The molecule has 0 radical (unpaired) electrons. The number of aryl methyl sites for hydroxylation is 1. The Kier molecular flexibility index (Phi) is 2.72. The van der Waals surface area contributed by atoms with E-state index in [1.54, 1.807) is 0 Å². The predicted octanol–water partition coefficient (Wildman–Crippen LogP) is 3.23. The second-order valence-electron chi connectivity index (χ2n) is 3.87. The van der Waals surface area contributed by atoms with E-state index in [4.69, 9.17) is 0 Å². The summed E-state index contributed by atoms with van der Waals surface area (Å²) in [5, 5.41) is 4.50. The molecule has 0 aromatic carbocycles. The molecule has 0 aliphatic heterocycles. The van der Waals surface area contributed by atoms with Crippen molar-refractivity contribution in [3.8, 4) is 0 Å². The topological polar surface area (TPSA) is 17.8 Å². The third-order valence-corrected chi connectivity index (χ3v) is 3.41. The van der Waals surface area contributed by atoms with Gasteiger partial charge >= 0.3 is 0 Å². The number of hydrogen-bond acceptors (Lipinski definition) is 1. The van der Waals surface area contributed by atoms with E-state index in [-0.39, 0.29) is 0 Å². The molecule has 72 valence electrons. The molecule has 1 aliphatic carbocycles. The van der Waals surface area contributed by atoms with Gasteiger partial charge in [-0.3, -0.25) is 4.68 Å². The smallest absolute Gasteiger partial charge is 0.0797 e. The van der Waals surface area contributed by atoms with Gasteiger partial charge in [-0.25, -0.2) is 0 Å². The van der Waals surface area contributed by atoms with Crippen LogP contribution in [0.1, 0.15) is 43.7 Å². The molecule has 13 heavy (non-hydrogen) atoms. The van der Waals surface area contributed by atoms with Gasteiger partial charge in [-0.2, -0.15) is 5.10 Å². The number of rotatable bonds is 1. The van der Waals surface area contributed by atoms with Crippen molar-refractivity contribution in [3.05, 3.63) is 16.4 Å². The average Bonchev–Trinajstić information content (AvgIpc) is 2.47. The Hall–Kier alpha value is -0.310. The highest BCUT2D eigenvalue weighted by molar-refractivity contribution is 9.10. The van der Waals surface area contributed by atoms with E-state index in [1.165, 1.54) is 42.3 Å².